The Kier molecular flexibility index (Phi) is 4.38. The first kappa shape index (κ1) is 17.1. The van der Waals surface area contributed by atoms with Crippen LogP contribution in [0.2, 0.25) is 0 Å². The van der Waals surface area contributed by atoms with Crippen molar-refractivity contribution < 1.29 is 14.1 Å². The first-order valence-electron chi connectivity index (χ1n) is 9.07. The molecule has 2 aromatic carbocycles. The van der Waals surface area contributed by atoms with Gasteiger partial charge in [0, 0.05) is 29.6 Å². The maximum atomic E-state index is 12.8. The van der Waals surface area contributed by atoms with Gasteiger partial charge in [-0.1, -0.05) is 35.5 Å². The van der Waals surface area contributed by atoms with Gasteiger partial charge in [-0.25, -0.2) is 4.98 Å². The number of rotatable bonds is 3. The zero-order valence-electron chi connectivity index (χ0n) is 15.0. The molecule has 3 heterocycles. The van der Waals surface area contributed by atoms with Crippen LogP contribution in [0.4, 0.5) is 0 Å². The Labute approximate surface area is 165 Å². The van der Waals surface area contributed by atoms with Gasteiger partial charge in [-0.3, -0.25) is 4.79 Å². The summed E-state index contributed by atoms with van der Waals surface area (Å²) >= 11 is 1.56. The number of fused-ring (bicyclic) bond motifs is 1. The number of benzene rings is 2. The van der Waals surface area contributed by atoms with Gasteiger partial charge in [-0.2, -0.15) is 0 Å². The largest absolute Gasteiger partial charge is 0.378 e. The molecule has 5 rings (SSSR count). The molecule has 0 saturated carbocycles. The van der Waals surface area contributed by atoms with Gasteiger partial charge < -0.3 is 14.2 Å². The van der Waals surface area contributed by atoms with Crippen LogP contribution in [0.1, 0.15) is 10.4 Å². The standard InChI is InChI=1S/C21H17N3O3S/c25-21(24-8-10-26-11-9-24)15-6-7-18-16(12-15)19(23-27-18)17-13-28-20(22-17)14-4-2-1-3-5-14/h1-7,12-13H,8-11H2. The van der Waals surface area contributed by atoms with Crippen LogP contribution in [0.15, 0.2) is 58.4 Å². The van der Waals surface area contributed by atoms with Crippen molar-refractivity contribution in [1.29, 1.82) is 0 Å². The van der Waals surface area contributed by atoms with Gasteiger partial charge in [-0.15, -0.1) is 11.3 Å². The van der Waals surface area contributed by atoms with Crippen LogP contribution in [0.3, 0.4) is 0 Å². The highest BCUT2D eigenvalue weighted by molar-refractivity contribution is 7.13. The Hall–Kier alpha value is -3.03. The van der Waals surface area contributed by atoms with Gasteiger partial charge in [0.1, 0.15) is 16.4 Å². The lowest BCUT2D eigenvalue weighted by molar-refractivity contribution is 0.0303. The van der Waals surface area contributed by atoms with Crippen molar-refractivity contribution in [2.24, 2.45) is 0 Å². The van der Waals surface area contributed by atoms with Gasteiger partial charge in [0.05, 0.1) is 18.6 Å². The number of aromatic nitrogens is 2. The molecule has 7 heteroatoms. The zero-order chi connectivity index (χ0) is 18.9. The molecule has 0 aliphatic carbocycles. The molecular formula is C21H17N3O3S. The van der Waals surface area contributed by atoms with Crippen molar-refractivity contribution in [1.82, 2.24) is 15.0 Å². The van der Waals surface area contributed by atoms with Crippen molar-refractivity contribution in [2.45, 2.75) is 0 Å². The van der Waals surface area contributed by atoms with Crippen molar-refractivity contribution in [3.05, 3.63) is 59.5 Å². The van der Waals surface area contributed by atoms with Gasteiger partial charge >= 0.3 is 0 Å². The molecule has 0 spiro atoms. The summed E-state index contributed by atoms with van der Waals surface area (Å²) in [5.41, 5.74) is 3.73. The van der Waals surface area contributed by atoms with Crippen molar-refractivity contribution in [3.63, 3.8) is 0 Å². The molecule has 1 aliphatic heterocycles. The fraction of sp³-hybridized carbons (Fsp3) is 0.190. The predicted octanol–water partition coefficient (Wildman–Crippen LogP) is 4.09. The van der Waals surface area contributed by atoms with Gasteiger partial charge in [0.2, 0.25) is 0 Å². The summed E-state index contributed by atoms with van der Waals surface area (Å²) < 4.78 is 10.8. The van der Waals surface area contributed by atoms with Gasteiger partial charge in [0.15, 0.2) is 5.58 Å². The fourth-order valence-electron chi connectivity index (χ4n) is 3.30. The number of morpholine rings is 1. The van der Waals surface area contributed by atoms with Crippen LogP contribution in [0.25, 0.3) is 32.9 Å². The first-order chi connectivity index (χ1) is 13.8. The van der Waals surface area contributed by atoms with E-state index in [0.717, 1.165) is 21.7 Å². The molecule has 4 aromatic rings. The molecule has 0 unspecified atom stereocenters. The van der Waals surface area contributed by atoms with E-state index in [1.165, 1.54) is 0 Å². The number of carbonyl (C=O) groups is 1. The molecule has 2 aromatic heterocycles. The average Bonchev–Trinajstić information content (AvgIpc) is 3.41. The smallest absolute Gasteiger partial charge is 0.254 e. The highest BCUT2D eigenvalue weighted by Gasteiger charge is 2.21. The molecule has 0 atom stereocenters. The lowest BCUT2D eigenvalue weighted by atomic mass is 10.1. The summed E-state index contributed by atoms with van der Waals surface area (Å²) in [6.45, 7) is 2.38. The fourth-order valence-corrected chi connectivity index (χ4v) is 4.11. The molecule has 0 radical (unpaired) electrons. The lowest BCUT2D eigenvalue weighted by Crippen LogP contribution is -2.40. The van der Waals surface area contributed by atoms with E-state index in [-0.39, 0.29) is 5.91 Å². The Morgan fingerprint density at radius 2 is 1.89 bits per heavy atom. The van der Waals surface area contributed by atoms with E-state index < -0.39 is 0 Å². The molecular weight excluding hydrogens is 374 g/mol. The molecule has 1 saturated heterocycles. The highest BCUT2D eigenvalue weighted by Crippen LogP contribution is 2.33. The minimum atomic E-state index is 0.000558. The maximum Gasteiger partial charge on any atom is 0.254 e. The number of hydrogen-bond donors (Lipinski definition) is 0. The minimum absolute atomic E-state index is 0.000558. The van der Waals surface area contributed by atoms with E-state index in [4.69, 9.17) is 14.2 Å². The number of thiazole rings is 1. The summed E-state index contributed by atoms with van der Waals surface area (Å²) in [5.74, 6) is 0.000558. The zero-order valence-corrected chi connectivity index (χ0v) is 15.8. The minimum Gasteiger partial charge on any atom is -0.378 e. The third-order valence-corrected chi connectivity index (χ3v) is 5.67. The number of ether oxygens (including phenoxy) is 1. The number of amides is 1. The number of nitrogens with zero attached hydrogens (tertiary/aromatic N) is 3. The molecule has 1 amide bonds. The molecule has 0 bridgehead atoms. The van der Waals surface area contributed by atoms with E-state index in [0.29, 0.717) is 43.1 Å². The summed E-state index contributed by atoms with van der Waals surface area (Å²) in [6, 6.07) is 15.5. The first-order valence-corrected chi connectivity index (χ1v) is 9.95. The third-order valence-electron chi connectivity index (χ3n) is 4.78. The highest BCUT2D eigenvalue weighted by atomic mass is 32.1. The Balaban J connectivity index is 1.50. The summed E-state index contributed by atoms with van der Waals surface area (Å²) in [6.07, 6.45) is 0. The number of hydrogen-bond acceptors (Lipinski definition) is 6. The molecule has 140 valence electrons. The maximum absolute atomic E-state index is 12.8. The molecule has 1 fully saturated rings. The van der Waals surface area contributed by atoms with E-state index >= 15 is 0 Å². The van der Waals surface area contributed by atoms with Gasteiger partial charge in [0.25, 0.3) is 5.91 Å². The average molecular weight is 391 g/mol. The van der Waals surface area contributed by atoms with E-state index in [9.17, 15) is 4.79 Å². The van der Waals surface area contributed by atoms with E-state index in [2.05, 4.69) is 5.16 Å². The molecule has 0 N–H and O–H groups in total. The monoisotopic (exact) mass is 391 g/mol. The van der Waals surface area contributed by atoms with Crippen molar-refractivity contribution >= 4 is 28.2 Å². The van der Waals surface area contributed by atoms with Crippen LogP contribution in [-0.4, -0.2) is 47.3 Å². The van der Waals surface area contributed by atoms with Crippen LogP contribution < -0.4 is 0 Å². The third kappa shape index (κ3) is 3.08. The Morgan fingerprint density at radius 1 is 1.07 bits per heavy atom. The molecule has 6 nitrogen and oxygen atoms in total. The molecule has 28 heavy (non-hydrogen) atoms. The van der Waals surface area contributed by atoms with Crippen LogP contribution in [0.5, 0.6) is 0 Å². The van der Waals surface area contributed by atoms with Crippen LogP contribution in [-0.2, 0) is 4.74 Å². The normalized spacial score (nSPS) is 14.5. The topological polar surface area (TPSA) is 68.5 Å². The Morgan fingerprint density at radius 3 is 2.71 bits per heavy atom. The lowest BCUT2D eigenvalue weighted by Gasteiger charge is -2.26. The van der Waals surface area contributed by atoms with Crippen LogP contribution >= 0.6 is 11.3 Å². The molecule has 1 aliphatic rings. The van der Waals surface area contributed by atoms with Crippen molar-refractivity contribution in [3.8, 4) is 22.0 Å². The second-order valence-corrected chi connectivity index (χ2v) is 7.41. The predicted molar refractivity (Wildman–Crippen MR) is 107 cm³/mol. The van der Waals surface area contributed by atoms with Crippen molar-refractivity contribution in [2.75, 3.05) is 26.3 Å². The summed E-state index contributed by atoms with van der Waals surface area (Å²) in [4.78, 5) is 19.3. The second-order valence-electron chi connectivity index (χ2n) is 6.55. The second kappa shape index (κ2) is 7.18. The van der Waals surface area contributed by atoms with E-state index in [1.807, 2.05) is 46.7 Å². The Bertz CT molecular complexity index is 1130. The van der Waals surface area contributed by atoms with Crippen LogP contribution in [0, 0.1) is 0 Å². The van der Waals surface area contributed by atoms with Gasteiger partial charge in [-0.05, 0) is 18.2 Å². The number of carbonyl (C=O) groups excluding carboxylic acids is 1. The SMILES string of the molecule is O=C(c1ccc2onc(-c3csc(-c4ccccc4)n3)c2c1)N1CCOCC1. The summed E-state index contributed by atoms with van der Waals surface area (Å²) in [7, 11) is 0. The summed E-state index contributed by atoms with van der Waals surface area (Å²) in [5, 5.41) is 7.90. The quantitative estimate of drug-likeness (QED) is 0.526. The van der Waals surface area contributed by atoms with E-state index in [1.54, 1.807) is 23.5 Å².